The summed E-state index contributed by atoms with van der Waals surface area (Å²) in [5.74, 6) is 3.02. The number of thioether (sulfide) groups is 1. The van der Waals surface area contributed by atoms with Crippen molar-refractivity contribution in [1.29, 1.82) is 0 Å². The number of carbonyl (C=O) groups is 1. The first kappa shape index (κ1) is 12.2. The summed E-state index contributed by atoms with van der Waals surface area (Å²) in [4.78, 5) is 14.3. The molecule has 4 heteroatoms. The summed E-state index contributed by atoms with van der Waals surface area (Å²) in [6.07, 6.45) is 3.26. The SMILES string of the molecule is CSCC(C)C(=O)N1CCC2CNCC2C1. The van der Waals surface area contributed by atoms with Crippen LogP contribution in [0.25, 0.3) is 0 Å². The number of rotatable bonds is 3. The molecule has 0 aromatic rings. The molecular formula is C12H22N2OS. The molecule has 0 spiro atoms. The maximum absolute atomic E-state index is 12.2. The third-order valence-corrected chi connectivity index (χ3v) is 4.69. The van der Waals surface area contributed by atoms with E-state index in [4.69, 9.17) is 0 Å². The summed E-state index contributed by atoms with van der Waals surface area (Å²) < 4.78 is 0. The smallest absolute Gasteiger partial charge is 0.226 e. The molecule has 2 fully saturated rings. The Morgan fingerprint density at radius 3 is 3.00 bits per heavy atom. The first-order valence-corrected chi connectivity index (χ1v) is 7.60. The third kappa shape index (κ3) is 2.54. The lowest BCUT2D eigenvalue weighted by Crippen LogP contribution is -2.45. The predicted octanol–water partition coefficient (Wildman–Crippen LogP) is 1.05. The van der Waals surface area contributed by atoms with E-state index in [1.165, 1.54) is 6.42 Å². The summed E-state index contributed by atoms with van der Waals surface area (Å²) in [6, 6.07) is 0. The molecule has 1 N–H and O–H groups in total. The van der Waals surface area contributed by atoms with Crippen LogP contribution in [-0.4, -0.2) is 49.0 Å². The Hall–Kier alpha value is -0.220. The van der Waals surface area contributed by atoms with Crippen LogP contribution in [-0.2, 0) is 4.79 Å². The minimum atomic E-state index is 0.181. The zero-order chi connectivity index (χ0) is 11.5. The van der Waals surface area contributed by atoms with Gasteiger partial charge in [0.1, 0.15) is 0 Å². The van der Waals surface area contributed by atoms with Gasteiger partial charge in [0.15, 0.2) is 0 Å². The molecule has 2 rings (SSSR count). The molecule has 2 saturated heterocycles. The first-order valence-electron chi connectivity index (χ1n) is 6.20. The average molecular weight is 242 g/mol. The van der Waals surface area contributed by atoms with Crippen LogP contribution < -0.4 is 5.32 Å². The molecule has 92 valence electrons. The number of nitrogens with one attached hydrogen (secondary N) is 1. The number of hydrogen-bond donors (Lipinski definition) is 1. The topological polar surface area (TPSA) is 32.3 Å². The predicted molar refractivity (Wildman–Crippen MR) is 68.6 cm³/mol. The van der Waals surface area contributed by atoms with Crippen LogP contribution >= 0.6 is 11.8 Å². The Bertz CT molecular complexity index is 259. The molecule has 0 aliphatic carbocycles. The summed E-state index contributed by atoms with van der Waals surface area (Å²) in [7, 11) is 0. The van der Waals surface area contributed by atoms with Gasteiger partial charge in [-0.25, -0.2) is 0 Å². The quantitative estimate of drug-likeness (QED) is 0.803. The second-order valence-electron chi connectivity index (χ2n) is 5.11. The zero-order valence-electron chi connectivity index (χ0n) is 10.2. The Morgan fingerprint density at radius 2 is 2.25 bits per heavy atom. The lowest BCUT2D eigenvalue weighted by atomic mass is 9.88. The van der Waals surface area contributed by atoms with Crippen molar-refractivity contribution < 1.29 is 4.79 Å². The highest BCUT2D eigenvalue weighted by atomic mass is 32.2. The molecular weight excluding hydrogens is 220 g/mol. The van der Waals surface area contributed by atoms with Gasteiger partial charge in [0, 0.05) is 24.8 Å². The molecule has 16 heavy (non-hydrogen) atoms. The summed E-state index contributed by atoms with van der Waals surface area (Å²) in [6.45, 7) is 6.27. The minimum Gasteiger partial charge on any atom is -0.342 e. The molecule has 2 aliphatic heterocycles. The molecule has 2 aliphatic rings. The number of amides is 1. The van der Waals surface area contributed by atoms with Crippen molar-refractivity contribution in [2.45, 2.75) is 13.3 Å². The number of nitrogens with zero attached hydrogens (tertiary/aromatic N) is 1. The van der Waals surface area contributed by atoms with Gasteiger partial charge in [0.2, 0.25) is 5.91 Å². The number of likely N-dealkylation sites (tertiary alicyclic amines) is 1. The summed E-state index contributed by atoms with van der Waals surface area (Å²) >= 11 is 1.76. The fraction of sp³-hybridized carbons (Fsp3) is 0.917. The maximum Gasteiger partial charge on any atom is 0.226 e. The highest BCUT2D eigenvalue weighted by Crippen LogP contribution is 2.27. The number of fused-ring (bicyclic) bond motifs is 1. The van der Waals surface area contributed by atoms with E-state index < -0.39 is 0 Å². The standard InChI is InChI=1S/C12H22N2OS/c1-9(8-16-2)12(15)14-4-3-10-5-13-6-11(10)7-14/h9-11,13H,3-8H2,1-2H3. The summed E-state index contributed by atoms with van der Waals surface area (Å²) in [5, 5.41) is 3.44. The van der Waals surface area contributed by atoms with Crippen molar-refractivity contribution >= 4 is 17.7 Å². The van der Waals surface area contributed by atoms with Crippen molar-refractivity contribution in [1.82, 2.24) is 10.2 Å². The lowest BCUT2D eigenvalue weighted by Gasteiger charge is -2.35. The van der Waals surface area contributed by atoms with Crippen LogP contribution in [0.5, 0.6) is 0 Å². The maximum atomic E-state index is 12.2. The van der Waals surface area contributed by atoms with Crippen molar-refractivity contribution in [3.63, 3.8) is 0 Å². The van der Waals surface area contributed by atoms with Crippen molar-refractivity contribution in [3.05, 3.63) is 0 Å². The normalized spacial score (nSPS) is 31.2. The molecule has 0 saturated carbocycles. The van der Waals surface area contributed by atoms with E-state index in [2.05, 4.69) is 23.4 Å². The second kappa shape index (κ2) is 5.41. The van der Waals surface area contributed by atoms with Crippen molar-refractivity contribution in [3.8, 4) is 0 Å². The van der Waals surface area contributed by atoms with Crippen LogP contribution in [0.3, 0.4) is 0 Å². The molecule has 1 amide bonds. The van der Waals surface area contributed by atoms with E-state index in [0.717, 1.165) is 37.8 Å². The van der Waals surface area contributed by atoms with E-state index in [9.17, 15) is 4.79 Å². The Labute approximate surface area is 102 Å². The van der Waals surface area contributed by atoms with Gasteiger partial charge in [-0.2, -0.15) is 11.8 Å². The molecule has 3 unspecified atom stereocenters. The van der Waals surface area contributed by atoms with Gasteiger partial charge < -0.3 is 10.2 Å². The molecule has 0 aromatic heterocycles. The van der Waals surface area contributed by atoms with Crippen LogP contribution in [0.2, 0.25) is 0 Å². The van der Waals surface area contributed by atoms with E-state index in [1.54, 1.807) is 11.8 Å². The molecule has 0 radical (unpaired) electrons. The van der Waals surface area contributed by atoms with Crippen LogP contribution in [0.4, 0.5) is 0 Å². The van der Waals surface area contributed by atoms with Gasteiger partial charge in [0.05, 0.1) is 0 Å². The van der Waals surface area contributed by atoms with Crippen LogP contribution in [0.1, 0.15) is 13.3 Å². The number of piperidine rings is 1. The Kier molecular flexibility index (Phi) is 4.14. The van der Waals surface area contributed by atoms with Crippen LogP contribution in [0, 0.1) is 17.8 Å². The van der Waals surface area contributed by atoms with Gasteiger partial charge in [-0.1, -0.05) is 6.92 Å². The molecule has 3 nitrogen and oxygen atoms in total. The molecule has 0 bridgehead atoms. The highest BCUT2D eigenvalue weighted by molar-refractivity contribution is 7.98. The van der Waals surface area contributed by atoms with Gasteiger partial charge in [-0.15, -0.1) is 0 Å². The van der Waals surface area contributed by atoms with E-state index in [-0.39, 0.29) is 5.92 Å². The van der Waals surface area contributed by atoms with Gasteiger partial charge in [0.25, 0.3) is 0 Å². The van der Waals surface area contributed by atoms with Crippen LogP contribution in [0.15, 0.2) is 0 Å². The minimum absolute atomic E-state index is 0.181. The third-order valence-electron chi connectivity index (χ3n) is 3.85. The highest BCUT2D eigenvalue weighted by Gasteiger charge is 2.35. The fourth-order valence-corrected chi connectivity index (χ4v) is 3.51. The Morgan fingerprint density at radius 1 is 1.50 bits per heavy atom. The lowest BCUT2D eigenvalue weighted by molar-refractivity contribution is -0.136. The largest absolute Gasteiger partial charge is 0.342 e. The van der Waals surface area contributed by atoms with E-state index in [0.29, 0.717) is 11.8 Å². The van der Waals surface area contributed by atoms with E-state index >= 15 is 0 Å². The van der Waals surface area contributed by atoms with Crippen molar-refractivity contribution in [2.75, 3.05) is 38.2 Å². The second-order valence-corrected chi connectivity index (χ2v) is 6.02. The molecule has 2 heterocycles. The zero-order valence-corrected chi connectivity index (χ0v) is 11.1. The van der Waals surface area contributed by atoms with Gasteiger partial charge in [-0.3, -0.25) is 4.79 Å². The number of hydrogen-bond acceptors (Lipinski definition) is 3. The monoisotopic (exact) mass is 242 g/mol. The van der Waals surface area contributed by atoms with Gasteiger partial charge in [-0.05, 0) is 37.6 Å². The van der Waals surface area contributed by atoms with Crippen molar-refractivity contribution in [2.24, 2.45) is 17.8 Å². The first-order chi connectivity index (χ1) is 7.72. The Balaban J connectivity index is 1.88. The average Bonchev–Trinajstić information content (AvgIpc) is 2.75. The number of carbonyl (C=O) groups excluding carboxylic acids is 1. The van der Waals surface area contributed by atoms with E-state index in [1.807, 2.05) is 0 Å². The molecule has 0 aromatic carbocycles. The molecule has 3 atom stereocenters. The summed E-state index contributed by atoms with van der Waals surface area (Å²) in [5.41, 5.74) is 0. The fourth-order valence-electron chi connectivity index (χ4n) is 2.87. The van der Waals surface area contributed by atoms with Gasteiger partial charge >= 0.3 is 0 Å².